The van der Waals surface area contributed by atoms with Crippen LogP contribution in [0.4, 0.5) is 4.79 Å². The number of hydrogen-bond acceptors (Lipinski definition) is 5. The first-order chi connectivity index (χ1) is 9.01. The molecule has 0 rings (SSSR count). The number of thioether (sulfide) groups is 1. The van der Waals surface area contributed by atoms with Crippen molar-refractivity contribution in [3.8, 4) is 0 Å². The molecule has 0 saturated heterocycles. The monoisotopic (exact) mass is 290 g/mol. The van der Waals surface area contributed by atoms with Crippen LogP contribution in [0.3, 0.4) is 0 Å². The van der Waals surface area contributed by atoms with Crippen molar-refractivity contribution in [3.05, 3.63) is 0 Å². The van der Waals surface area contributed by atoms with E-state index in [1.54, 1.807) is 6.92 Å². The van der Waals surface area contributed by atoms with Crippen LogP contribution in [0.5, 0.6) is 0 Å². The van der Waals surface area contributed by atoms with E-state index in [1.165, 1.54) is 18.9 Å². The van der Waals surface area contributed by atoms with Gasteiger partial charge in [0, 0.05) is 12.3 Å². The van der Waals surface area contributed by atoms with Crippen LogP contribution in [0.1, 0.15) is 26.7 Å². The fourth-order valence-electron chi connectivity index (χ4n) is 1.18. The molecule has 6 nitrogen and oxygen atoms in total. The van der Waals surface area contributed by atoms with Crippen molar-refractivity contribution < 1.29 is 19.1 Å². The molecule has 0 spiro atoms. The maximum atomic E-state index is 11.4. The topological polar surface area (TPSA) is 84.5 Å². The minimum Gasteiger partial charge on any atom is -0.469 e. The van der Waals surface area contributed by atoms with Gasteiger partial charge in [-0.25, -0.2) is 4.79 Å². The molecule has 0 heterocycles. The van der Waals surface area contributed by atoms with Gasteiger partial charge in [0.2, 0.25) is 5.91 Å². The molecule has 3 amide bonds. The number of urea groups is 1. The van der Waals surface area contributed by atoms with Gasteiger partial charge in [-0.05, 0) is 6.42 Å². The third kappa shape index (κ3) is 9.35. The molecular weight excluding hydrogens is 268 g/mol. The van der Waals surface area contributed by atoms with Crippen molar-refractivity contribution in [1.82, 2.24) is 10.6 Å². The van der Waals surface area contributed by atoms with Crippen molar-refractivity contribution in [2.75, 3.05) is 25.2 Å². The van der Waals surface area contributed by atoms with Gasteiger partial charge in [0.25, 0.3) is 0 Å². The Morgan fingerprint density at radius 3 is 2.58 bits per heavy atom. The Labute approximate surface area is 118 Å². The number of esters is 1. The molecule has 1 atom stereocenters. The molecule has 7 heteroatoms. The van der Waals surface area contributed by atoms with Crippen LogP contribution in [-0.2, 0) is 14.3 Å². The highest BCUT2D eigenvalue weighted by atomic mass is 32.2. The van der Waals surface area contributed by atoms with Crippen molar-refractivity contribution >= 4 is 29.7 Å². The van der Waals surface area contributed by atoms with Crippen molar-refractivity contribution in [3.63, 3.8) is 0 Å². The lowest BCUT2D eigenvalue weighted by atomic mass is 10.2. The van der Waals surface area contributed by atoms with Crippen LogP contribution >= 0.6 is 11.8 Å². The minimum absolute atomic E-state index is 0.141. The quantitative estimate of drug-likeness (QED) is 0.517. The van der Waals surface area contributed by atoms with Crippen LogP contribution in [0.2, 0.25) is 0 Å². The standard InChI is InChI=1S/C12H22N2O4S/c1-4-5-6-13-12(17)14-10(15)8-19-7-9(2)11(16)18-3/h9H,4-8H2,1-3H3,(H2,13,14,15,17). The molecule has 19 heavy (non-hydrogen) atoms. The summed E-state index contributed by atoms with van der Waals surface area (Å²) in [6.07, 6.45) is 1.86. The van der Waals surface area contributed by atoms with Crippen molar-refractivity contribution in [2.45, 2.75) is 26.7 Å². The van der Waals surface area contributed by atoms with Gasteiger partial charge in [-0.1, -0.05) is 20.3 Å². The zero-order chi connectivity index (χ0) is 14.7. The van der Waals surface area contributed by atoms with E-state index in [4.69, 9.17) is 0 Å². The zero-order valence-corrected chi connectivity index (χ0v) is 12.5. The highest BCUT2D eigenvalue weighted by Gasteiger charge is 2.14. The SMILES string of the molecule is CCCCNC(=O)NC(=O)CSCC(C)C(=O)OC. The molecule has 0 aliphatic heterocycles. The molecule has 110 valence electrons. The second-order valence-corrected chi connectivity index (χ2v) is 5.13. The Hall–Kier alpha value is -1.24. The predicted molar refractivity (Wildman–Crippen MR) is 75.0 cm³/mol. The molecule has 0 aromatic rings. The van der Waals surface area contributed by atoms with Gasteiger partial charge in [-0.2, -0.15) is 11.8 Å². The summed E-state index contributed by atoms with van der Waals surface area (Å²) in [7, 11) is 1.33. The van der Waals surface area contributed by atoms with Gasteiger partial charge in [0.1, 0.15) is 0 Å². The molecule has 0 saturated carbocycles. The van der Waals surface area contributed by atoms with Gasteiger partial charge >= 0.3 is 12.0 Å². The minimum atomic E-state index is -0.472. The van der Waals surface area contributed by atoms with E-state index in [0.29, 0.717) is 12.3 Å². The average Bonchev–Trinajstić information content (AvgIpc) is 2.37. The van der Waals surface area contributed by atoms with Gasteiger partial charge in [-0.3, -0.25) is 14.9 Å². The van der Waals surface area contributed by atoms with Crippen LogP contribution in [-0.4, -0.2) is 43.1 Å². The normalized spacial score (nSPS) is 11.5. The summed E-state index contributed by atoms with van der Waals surface area (Å²) in [6.45, 7) is 4.31. The number of nitrogens with one attached hydrogen (secondary N) is 2. The maximum absolute atomic E-state index is 11.4. The van der Waals surface area contributed by atoms with E-state index in [-0.39, 0.29) is 23.5 Å². The average molecular weight is 290 g/mol. The number of amides is 3. The summed E-state index contributed by atoms with van der Waals surface area (Å²) in [5.74, 6) is -0.303. The lowest BCUT2D eigenvalue weighted by molar-refractivity contribution is -0.144. The predicted octanol–water partition coefficient (Wildman–Crippen LogP) is 1.15. The molecule has 1 unspecified atom stereocenters. The van der Waals surface area contributed by atoms with E-state index in [1.807, 2.05) is 6.92 Å². The fraction of sp³-hybridized carbons (Fsp3) is 0.750. The number of hydrogen-bond donors (Lipinski definition) is 2. The number of imide groups is 1. The van der Waals surface area contributed by atoms with Crippen molar-refractivity contribution in [1.29, 1.82) is 0 Å². The molecule has 0 aromatic carbocycles. The number of carbonyl (C=O) groups excluding carboxylic acids is 3. The Morgan fingerprint density at radius 2 is 2.00 bits per heavy atom. The summed E-state index contributed by atoms with van der Waals surface area (Å²) in [6, 6.07) is -0.472. The second kappa shape index (κ2) is 10.7. The first-order valence-electron chi connectivity index (χ1n) is 6.24. The highest BCUT2D eigenvalue weighted by molar-refractivity contribution is 7.99. The second-order valence-electron chi connectivity index (χ2n) is 4.10. The lowest BCUT2D eigenvalue weighted by Gasteiger charge is -2.09. The Balaban J connectivity index is 3.69. The fourth-order valence-corrected chi connectivity index (χ4v) is 2.05. The number of ether oxygens (including phenoxy) is 1. The lowest BCUT2D eigenvalue weighted by Crippen LogP contribution is -2.40. The first-order valence-corrected chi connectivity index (χ1v) is 7.40. The molecule has 0 fully saturated rings. The molecule has 0 aliphatic carbocycles. The molecule has 0 aromatic heterocycles. The van der Waals surface area contributed by atoms with E-state index < -0.39 is 6.03 Å². The number of unbranched alkanes of at least 4 members (excludes halogenated alkanes) is 1. The number of carbonyl (C=O) groups is 3. The van der Waals surface area contributed by atoms with Gasteiger partial charge < -0.3 is 10.1 Å². The van der Waals surface area contributed by atoms with E-state index >= 15 is 0 Å². The third-order valence-corrected chi connectivity index (χ3v) is 3.48. The summed E-state index contributed by atoms with van der Waals surface area (Å²) in [5.41, 5.74) is 0. The van der Waals surface area contributed by atoms with E-state index in [2.05, 4.69) is 15.4 Å². The maximum Gasteiger partial charge on any atom is 0.321 e. The molecular formula is C12H22N2O4S. The Morgan fingerprint density at radius 1 is 1.32 bits per heavy atom. The van der Waals surface area contributed by atoms with E-state index in [9.17, 15) is 14.4 Å². The van der Waals surface area contributed by atoms with Crippen LogP contribution in [0, 0.1) is 5.92 Å². The van der Waals surface area contributed by atoms with Gasteiger partial charge in [0.05, 0.1) is 18.8 Å². The molecule has 0 aliphatic rings. The zero-order valence-electron chi connectivity index (χ0n) is 11.7. The molecule has 0 bridgehead atoms. The number of methoxy groups -OCH3 is 1. The largest absolute Gasteiger partial charge is 0.469 e. The summed E-state index contributed by atoms with van der Waals surface area (Å²) in [4.78, 5) is 33.8. The summed E-state index contributed by atoms with van der Waals surface area (Å²) in [5, 5.41) is 4.82. The van der Waals surface area contributed by atoms with Crippen LogP contribution < -0.4 is 10.6 Å². The van der Waals surface area contributed by atoms with Gasteiger partial charge in [0.15, 0.2) is 0 Å². The Kier molecular flexibility index (Phi) is 9.97. The van der Waals surface area contributed by atoms with Crippen LogP contribution in [0.15, 0.2) is 0 Å². The third-order valence-electron chi connectivity index (χ3n) is 2.27. The summed E-state index contributed by atoms with van der Waals surface area (Å²) >= 11 is 1.29. The van der Waals surface area contributed by atoms with E-state index in [0.717, 1.165) is 12.8 Å². The van der Waals surface area contributed by atoms with Crippen LogP contribution in [0.25, 0.3) is 0 Å². The Bertz CT molecular complexity index is 310. The summed E-state index contributed by atoms with van der Waals surface area (Å²) < 4.78 is 4.57. The smallest absolute Gasteiger partial charge is 0.321 e. The first kappa shape index (κ1) is 17.8. The molecule has 0 radical (unpaired) electrons. The van der Waals surface area contributed by atoms with Gasteiger partial charge in [-0.15, -0.1) is 0 Å². The molecule has 2 N–H and O–H groups in total. The van der Waals surface area contributed by atoms with Crippen molar-refractivity contribution in [2.24, 2.45) is 5.92 Å². The highest BCUT2D eigenvalue weighted by Crippen LogP contribution is 2.09. The number of rotatable bonds is 8.